The number of fused-ring (bicyclic) bond motifs is 1. The zero-order chi connectivity index (χ0) is 16.7. The monoisotopic (exact) mass is 346 g/mol. The summed E-state index contributed by atoms with van der Waals surface area (Å²) in [5.41, 5.74) is -1.11. The highest BCUT2D eigenvalue weighted by Gasteiger charge is 2.18. The molecule has 0 atom stereocenters. The summed E-state index contributed by atoms with van der Waals surface area (Å²) in [7, 11) is -4.08. The van der Waals surface area contributed by atoms with Gasteiger partial charge in [0.15, 0.2) is 0 Å². The molecule has 0 saturated carbocycles. The van der Waals surface area contributed by atoms with Crippen LogP contribution in [0.15, 0.2) is 26.6 Å². The Balaban J connectivity index is 2.93. The molecule has 0 saturated heterocycles. The fraction of sp³-hybridized carbons (Fsp3) is 0.333. The lowest BCUT2D eigenvalue weighted by Gasteiger charge is -2.22. The van der Waals surface area contributed by atoms with Gasteiger partial charge in [0.05, 0.1) is 15.9 Å². The Hall–Kier alpha value is -1.84. The van der Waals surface area contributed by atoms with Crippen molar-refractivity contribution in [1.29, 1.82) is 0 Å². The number of nitrogens with one attached hydrogen (secondary N) is 1. The number of primary sulfonamides is 1. The van der Waals surface area contributed by atoms with Gasteiger partial charge in [-0.15, -0.1) is 0 Å². The Kier molecular flexibility index (Phi) is 4.32. The van der Waals surface area contributed by atoms with Crippen LogP contribution in [0.3, 0.4) is 0 Å². The van der Waals surface area contributed by atoms with Crippen molar-refractivity contribution in [2.24, 2.45) is 5.14 Å². The van der Waals surface area contributed by atoms with Gasteiger partial charge in [-0.2, -0.15) is 4.68 Å². The highest BCUT2D eigenvalue weighted by molar-refractivity contribution is 7.89. The number of halogens is 1. The topological polar surface area (TPSA) is 118 Å². The number of aromatic nitrogens is 2. The van der Waals surface area contributed by atoms with E-state index >= 15 is 0 Å². The maximum Gasteiger partial charge on any atom is 0.347 e. The Bertz CT molecular complexity index is 944. The lowest BCUT2D eigenvalue weighted by molar-refractivity contribution is 0.575. The van der Waals surface area contributed by atoms with Gasteiger partial charge in [-0.25, -0.2) is 18.4 Å². The second kappa shape index (κ2) is 5.75. The van der Waals surface area contributed by atoms with Gasteiger partial charge in [-0.05, 0) is 26.0 Å². The lowest BCUT2D eigenvalue weighted by atomic mass is 10.2. The second-order valence-electron chi connectivity index (χ2n) is 4.56. The fourth-order valence-electron chi connectivity index (χ4n) is 2.19. The quantitative estimate of drug-likeness (QED) is 0.805. The molecule has 3 N–H and O–H groups in total. The molecule has 0 fully saturated rings. The van der Waals surface area contributed by atoms with Crippen LogP contribution < -0.4 is 21.4 Å². The van der Waals surface area contributed by atoms with Gasteiger partial charge in [0.25, 0.3) is 5.56 Å². The van der Waals surface area contributed by atoms with Crippen molar-refractivity contribution in [2.45, 2.75) is 18.7 Å². The van der Waals surface area contributed by atoms with Gasteiger partial charge in [0.1, 0.15) is 4.90 Å². The molecule has 0 aliphatic carbocycles. The number of hydrogen-bond donors (Lipinski definition) is 2. The Morgan fingerprint density at radius 2 is 1.86 bits per heavy atom. The van der Waals surface area contributed by atoms with Crippen molar-refractivity contribution in [1.82, 2.24) is 9.66 Å². The molecule has 1 aromatic carbocycles. The molecule has 2 aromatic rings. The number of nitrogens with two attached hydrogens (primary N) is 1. The van der Waals surface area contributed by atoms with Crippen LogP contribution in [-0.2, 0) is 10.0 Å². The average molecular weight is 347 g/mol. The van der Waals surface area contributed by atoms with E-state index in [1.165, 1.54) is 11.1 Å². The third-order valence-electron chi connectivity index (χ3n) is 3.25. The third kappa shape index (κ3) is 2.74. The van der Waals surface area contributed by atoms with Gasteiger partial charge < -0.3 is 9.99 Å². The van der Waals surface area contributed by atoms with Crippen molar-refractivity contribution < 1.29 is 8.42 Å². The van der Waals surface area contributed by atoms with Crippen molar-refractivity contribution in [2.75, 3.05) is 18.1 Å². The maximum absolute atomic E-state index is 12.5. The van der Waals surface area contributed by atoms with Gasteiger partial charge in [0, 0.05) is 13.1 Å². The largest absolute Gasteiger partial charge is 0.347 e. The number of H-pyrrole nitrogens is 1. The van der Waals surface area contributed by atoms with Crippen molar-refractivity contribution >= 4 is 32.5 Å². The predicted octanol–water partition coefficient (Wildman–Crippen LogP) is -0.0316. The van der Waals surface area contributed by atoms with Crippen LogP contribution in [0.25, 0.3) is 10.9 Å². The van der Waals surface area contributed by atoms with E-state index in [9.17, 15) is 18.0 Å². The Morgan fingerprint density at radius 3 is 2.36 bits per heavy atom. The van der Waals surface area contributed by atoms with Gasteiger partial charge in [-0.3, -0.25) is 4.79 Å². The van der Waals surface area contributed by atoms with Crippen LogP contribution in [0.2, 0.25) is 5.02 Å². The van der Waals surface area contributed by atoms with Crippen LogP contribution in [-0.4, -0.2) is 31.2 Å². The second-order valence-corrected chi connectivity index (χ2v) is 6.50. The van der Waals surface area contributed by atoms with Crippen LogP contribution in [0, 0.1) is 0 Å². The highest BCUT2D eigenvalue weighted by Crippen LogP contribution is 2.23. The minimum absolute atomic E-state index is 0.0138. The zero-order valence-electron chi connectivity index (χ0n) is 12.0. The smallest absolute Gasteiger partial charge is 0.306 e. The first-order valence-corrected chi connectivity index (χ1v) is 8.39. The van der Waals surface area contributed by atoms with E-state index in [0.29, 0.717) is 13.1 Å². The van der Waals surface area contributed by atoms with Gasteiger partial charge in [-0.1, -0.05) is 11.6 Å². The summed E-state index contributed by atoms with van der Waals surface area (Å²) < 4.78 is 24.0. The average Bonchev–Trinajstić information content (AvgIpc) is 2.41. The first kappa shape index (κ1) is 16.5. The van der Waals surface area contributed by atoms with E-state index in [0.717, 1.165) is 10.7 Å². The van der Waals surface area contributed by atoms with Crippen molar-refractivity contribution in [3.8, 4) is 0 Å². The van der Waals surface area contributed by atoms with E-state index in [-0.39, 0.29) is 20.8 Å². The molecular formula is C12H15ClN4O4S. The highest BCUT2D eigenvalue weighted by atomic mass is 35.5. The molecule has 2 rings (SSSR count). The van der Waals surface area contributed by atoms with Gasteiger partial charge in [0.2, 0.25) is 10.0 Å². The molecule has 22 heavy (non-hydrogen) atoms. The summed E-state index contributed by atoms with van der Waals surface area (Å²) in [4.78, 5) is 26.8. The number of benzene rings is 1. The van der Waals surface area contributed by atoms with E-state index in [1.54, 1.807) is 13.8 Å². The van der Waals surface area contributed by atoms with E-state index in [4.69, 9.17) is 16.7 Å². The molecule has 0 bridgehead atoms. The molecule has 0 radical (unpaired) electrons. The van der Waals surface area contributed by atoms with Crippen LogP contribution >= 0.6 is 11.6 Å². The zero-order valence-corrected chi connectivity index (χ0v) is 13.5. The van der Waals surface area contributed by atoms with E-state index in [1.807, 2.05) is 0 Å². The standard InChI is InChI=1S/C12H15ClN4O4S/c1-3-16(4-2)17-11(18)7-5-10(22(14,20)21)8(13)6-9(7)15-12(17)19/h5-6H,3-4H2,1-2H3,(H,15,19)(H2,14,20,21). The molecule has 0 aliphatic heterocycles. The molecular weight excluding hydrogens is 332 g/mol. The van der Waals surface area contributed by atoms with Crippen LogP contribution in [0.4, 0.5) is 0 Å². The molecule has 0 amide bonds. The number of aromatic amines is 1. The summed E-state index contributed by atoms with van der Waals surface area (Å²) in [6.45, 7) is 4.44. The van der Waals surface area contributed by atoms with Crippen molar-refractivity contribution in [3.63, 3.8) is 0 Å². The number of hydrogen-bond acceptors (Lipinski definition) is 5. The predicted molar refractivity (Wildman–Crippen MR) is 84.5 cm³/mol. The molecule has 0 spiro atoms. The summed E-state index contributed by atoms with van der Waals surface area (Å²) in [5.74, 6) is 0. The summed E-state index contributed by atoms with van der Waals surface area (Å²) in [6, 6.07) is 2.28. The summed E-state index contributed by atoms with van der Waals surface area (Å²) in [6.07, 6.45) is 0. The lowest BCUT2D eigenvalue weighted by Crippen LogP contribution is -2.50. The van der Waals surface area contributed by atoms with Gasteiger partial charge >= 0.3 is 5.69 Å². The SMILES string of the molecule is CCN(CC)n1c(=O)[nH]c2cc(Cl)c(S(N)(=O)=O)cc2c1=O. The minimum atomic E-state index is -4.08. The number of nitrogens with zero attached hydrogens (tertiary/aromatic N) is 2. The van der Waals surface area contributed by atoms with Crippen molar-refractivity contribution in [3.05, 3.63) is 38.0 Å². The molecule has 120 valence electrons. The molecule has 8 nitrogen and oxygen atoms in total. The number of sulfonamides is 1. The molecule has 0 unspecified atom stereocenters. The van der Waals surface area contributed by atoms with E-state index < -0.39 is 21.3 Å². The van der Waals surface area contributed by atoms with Crippen LogP contribution in [0.1, 0.15) is 13.8 Å². The maximum atomic E-state index is 12.5. The third-order valence-corrected chi connectivity index (χ3v) is 4.62. The Labute approximate surface area is 131 Å². The molecule has 1 aromatic heterocycles. The van der Waals surface area contributed by atoms with E-state index in [2.05, 4.69) is 4.98 Å². The molecule has 0 aliphatic rings. The molecule has 1 heterocycles. The van der Waals surface area contributed by atoms with Crippen LogP contribution in [0.5, 0.6) is 0 Å². The minimum Gasteiger partial charge on any atom is -0.306 e. The molecule has 10 heteroatoms. The summed E-state index contributed by atoms with van der Waals surface area (Å²) in [5, 5.41) is 6.45. The number of rotatable bonds is 4. The normalized spacial score (nSPS) is 11.8. The first-order chi connectivity index (χ1) is 10.2. The Morgan fingerprint density at radius 1 is 1.27 bits per heavy atom. The summed E-state index contributed by atoms with van der Waals surface area (Å²) >= 11 is 5.85. The fourth-order valence-corrected chi connectivity index (χ4v) is 3.29. The first-order valence-electron chi connectivity index (χ1n) is 6.47.